The van der Waals surface area contributed by atoms with Crippen molar-refractivity contribution in [3.63, 3.8) is 0 Å². The van der Waals surface area contributed by atoms with Gasteiger partial charge in [0.1, 0.15) is 6.10 Å². The summed E-state index contributed by atoms with van der Waals surface area (Å²) in [5.41, 5.74) is 9.17. The van der Waals surface area contributed by atoms with Crippen molar-refractivity contribution in [2.75, 3.05) is 0 Å². The van der Waals surface area contributed by atoms with E-state index in [1.54, 1.807) is 0 Å². The zero-order valence-electron chi connectivity index (χ0n) is 8.49. The summed E-state index contributed by atoms with van der Waals surface area (Å²) in [4.78, 5) is 23.2. The van der Waals surface area contributed by atoms with E-state index in [2.05, 4.69) is 9.53 Å². The van der Waals surface area contributed by atoms with Gasteiger partial charge in [0.15, 0.2) is 0 Å². The van der Waals surface area contributed by atoms with E-state index in [1.807, 2.05) is 0 Å². The van der Waals surface area contributed by atoms with Gasteiger partial charge in [0.05, 0.1) is 16.9 Å². The monoisotopic (exact) mass is 223 g/mol. The van der Waals surface area contributed by atoms with Crippen LogP contribution < -0.4 is 0 Å². The summed E-state index contributed by atoms with van der Waals surface area (Å²) in [7, 11) is 0. The van der Waals surface area contributed by atoms with Gasteiger partial charge in [0.25, 0.3) is 12.2 Å². The minimum atomic E-state index is -0.688. The first-order valence-corrected chi connectivity index (χ1v) is 4.46. The predicted molar refractivity (Wildman–Crippen MR) is 53.0 cm³/mol. The van der Waals surface area contributed by atoms with E-state index in [1.165, 1.54) is 19.1 Å². The van der Waals surface area contributed by atoms with E-state index in [0.717, 1.165) is 0 Å². The molecular formula is C9H9N3O4. The Balaban J connectivity index is 3.07. The summed E-state index contributed by atoms with van der Waals surface area (Å²) in [5.74, 6) is 0. The zero-order chi connectivity index (χ0) is 12.1. The SMILES string of the molecule is CC(OC=O)C1=CC([N+](=O)[O-])=CCC1=[N+]=[N-]. The molecule has 0 N–H and O–H groups in total. The highest BCUT2D eigenvalue weighted by atomic mass is 16.6. The molecule has 1 aliphatic rings. The van der Waals surface area contributed by atoms with E-state index in [-0.39, 0.29) is 24.3 Å². The highest BCUT2D eigenvalue weighted by Gasteiger charge is 2.29. The van der Waals surface area contributed by atoms with Crippen molar-refractivity contribution < 1.29 is 19.2 Å². The molecule has 7 heteroatoms. The standard InChI is InChI=1S/C9H9N3O4/c1-6(16-5-13)8-4-7(12(14)15)2-3-9(8)11-10/h2,4-6H,3H2,1H3. The van der Waals surface area contributed by atoms with Gasteiger partial charge in [-0.2, -0.15) is 4.79 Å². The van der Waals surface area contributed by atoms with Gasteiger partial charge >= 0.3 is 5.71 Å². The number of rotatable bonds is 4. The van der Waals surface area contributed by atoms with Crippen LogP contribution in [0.2, 0.25) is 0 Å². The maximum Gasteiger partial charge on any atom is 0.303 e. The lowest BCUT2D eigenvalue weighted by atomic mass is 9.97. The number of carbonyl (C=O) groups excluding carboxylic acids is 1. The van der Waals surface area contributed by atoms with Crippen molar-refractivity contribution >= 4 is 12.2 Å². The molecule has 0 spiro atoms. The summed E-state index contributed by atoms with van der Waals surface area (Å²) in [6, 6.07) is 0. The number of ether oxygens (including phenoxy) is 1. The number of nitro groups is 1. The summed E-state index contributed by atoms with van der Waals surface area (Å²) in [6.07, 6.45) is 2.00. The number of carbonyl (C=O) groups is 1. The second-order valence-electron chi connectivity index (χ2n) is 3.11. The normalized spacial score (nSPS) is 16.7. The van der Waals surface area contributed by atoms with E-state index in [4.69, 9.17) is 5.53 Å². The smallest absolute Gasteiger partial charge is 0.303 e. The molecule has 0 radical (unpaired) electrons. The highest BCUT2D eigenvalue weighted by Crippen LogP contribution is 2.19. The Morgan fingerprint density at radius 2 is 2.44 bits per heavy atom. The molecule has 0 fully saturated rings. The van der Waals surface area contributed by atoms with Gasteiger partial charge in [-0.05, 0) is 6.92 Å². The quantitative estimate of drug-likeness (QED) is 0.230. The molecule has 7 nitrogen and oxygen atoms in total. The average molecular weight is 223 g/mol. The fraction of sp³-hybridized carbons (Fsp3) is 0.333. The molecule has 84 valence electrons. The molecule has 1 unspecified atom stereocenters. The van der Waals surface area contributed by atoms with Crippen LogP contribution in [0.15, 0.2) is 23.4 Å². The Hall–Kier alpha value is -2.27. The highest BCUT2D eigenvalue weighted by molar-refractivity contribution is 5.99. The van der Waals surface area contributed by atoms with Crippen molar-refractivity contribution in [1.29, 1.82) is 0 Å². The first-order chi connectivity index (χ1) is 7.60. The van der Waals surface area contributed by atoms with Crippen LogP contribution >= 0.6 is 0 Å². The number of hydrogen-bond acceptors (Lipinski definition) is 4. The topological polar surface area (TPSA) is 106 Å². The Morgan fingerprint density at radius 1 is 1.75 bits per heavy atom. The second-order valence-corrected chi connectivity index (χ2v) is 3.11. The summed E-state index contributed by atoms with van der Waals surface area (Å²) < 4.78 is 4.65. The maximum absolute atomic E-state index is 10.6. The molecular weight excluding hydrogens is 214 g/mol. The molecule has 0 amide bonds. The fourth-order valence-corrected chi connectivity index (χ4v) is 1.36. The van der Waals surface area contributed by atoms with Crippen LogP contribution in [-0.4, -0.2) is 28.0 Å². The Kier molecular flexibility index (Phi) is 3.68. The third kappa shape index (κ3) is 2.40. The van der Waals surface area contributed by atoms with Gasteiger partial charge in [0, 0.05) is 12.2 Å². The predicted octanol–water partition coefficient (Wildman–Crippen LogP) is 0.709. The van der Waals surface area contributed by atoms with Crippen molar-refractivity contribution in [1.82, 2.24) is 0 Å². The van der Waals surface area contributed by atoms with E-state index >= 15 is 0 Å². The first kappa shape index (κ1) is 11.8. The van der Waals surface area contributed by atoms with Gasteiger partial charge in [-0.1, -0.05) is 0 Å². The van der Waals surface area contributed by atoms with E-state index in [0.29, 0.717) is 5.57 Å². The summed E-state index contributed by atoms with van der Waals surface area (Å²) in [5, 5.41) is 10.6. The molecule has 16 heavy (non-hydrogen) atoms. The van der Waals surface area contributed by atoms with Crippen LogP contribution in [0.4, 0.5) is 0 Å². The Bertz CT molecular complexity index is 432. The Morgan fingerprint density at radius 3 is 2.94 bits per heavy atom. The van der Waals surface area contributed by atoms with E-state index < -0.39 is 11.0 Å². The molecule has 1 aliphatic carbocycles. The maximum atomic E-state index is 10.6. The van der Waals surface area contributed by atoms with Crippen molar-refractivity contribution in [3.8, 4) is 0 Å². The van der Waals surface area contributed by atoms with Crippen LogP contribution in [0.1, 0.15) is 13.3 Å². The van der Waals surface area contributed by atoms with Crippen LogP contribution in [0.5, 0.6) is 0 Å². The third-order valence-electron chi connectivity index (χ3n) is 2.17. The van der Waals surface area contributed by atoms with Crippen molar-refractivity contribution in [2.45, 2.75) is 19.4 Å². The molecule has 1 atom stereocenters. The van der Waals surface area contributed by atoms with Gasteiger partial charge in [-0.15, -0.1) is 0 Å². The van der Waals surface area contributed by atoms with Crippen LogP contribution in [0.3, 0.4) is 0 Å². The molecule has 0 bridgehead atoms. The molecule has 0 heterocycles. The van der Waals surface area contributed by atoms with Gasteiger partial charge in [0.2, 0.25) is 0 Å². The molecule has 0 aromatic rings. The number of hydrogen-bond donors (Lipinski definition) is 0. The Labute approximate surface area is 90.8 Å². The lowest BCUT2D eigenvalue weighted by Gasteiger charge is -2.12. The lowest BCUT2D eigenvalue weighted by Crippen LogP contribution is -2.22. The summed E-state index contributed by atoms with van der Waals surface area (Å²) in [6.45, 7) is 1.78. The van der Waals surface area contributed by atoms with E-state index in [9.17, 15) is 14.9 Å². The molecule has 0 aromatic heterocycles. The zero-order valence-corrected chi connectivity index (χ0v) is 8.49. The number of allylic oxidation sites excluding steroid dienone is 2. The molecule has 0 aliphatic heterocycles. The van der Waals surface area contributed by atoms with Crippen LogP contribution in [0, 0.1) is 10.1 Å². The number of nitrogens with zero attached hydrogens (tertiary/aromatic N) is 3. The molecule has 1 rings (SSSR count). The minimum Gasteiger partial charge on any atom is -0.460 e. The van der Waals surface area contributed by atoms with Gasteiger partial charge < -0.3 is 10.3 Å². The first-order valence-electron chi connectivity index (χ1n) is 4.46. The van der Waals surface area contributed by atoms with Crippen LogP contribution in [0.25, 0.3) is 5.53 Å². The van der Waals surface area contributed by atoms with Crippen molar-refractivity contribution in [3.05, 3.63) is 39.1 Å². The molecule has 0 aromatic carbocycles. The fourth-order valence-electron chi connectivity index (χ4n) is 1.36. The minimum absolute atomic E-state index is 0.108. The summed E-state index contributed by atoms with van der Waals surface area (Å²) >= 11 is 0. The molecule has 0 saturated carbocycles. The van der Waals surface area contributed by atoms with Crippen molar-refractivity contribution in [2.24, 2.45) is 0 Å². The third-order valence-corrected chi connectivity index (χ3v) is 2.17. The van der Waals surface area contributed by atoms with Gasteiger partial charge in [-0.25, -0.2) is 0 Å². The van der Waals surface area contributed by atoms with Crippen LogP contribution in [-0.2, 0) is 9.53 Å². The largest absolute Gasteiger partial charge is 0.460 e. The second kappa shape index (κ2) is 4.99. The average Bonchev–Trinajstić information content (AvgIpc) is 2.28. The van der Waals surface area contributed by atoms with Gasteiger partial charge in [-0.3, -0.25) is 14.9 Å². The lowest BCUT2D eigenvalue weighted by molar-refractivity contribution is -0.419. The molecule has 0 saturated heterocycles.